The molecule has 5 nitrogen and oxygen atoms in total. The lowest BCUT2D eigenvalue weighted by Gasteiger charge is -2.63. The second kappa shape index (κ2) is 4.71. The Kier molecular flexibility index (Phi) is 3.06. The number of rotatable bonds is 1. The van der Waals surface area contributed by atoms with Crippen LogP contribution in [0.4, 0.5) is 0 Å². The number of fused-ring (bicyclic) bond motifs is 1. The van der Waals surface area contributed by atoms with E-state index in [0.717, 1.165) is 49.8 Å². The first kappa shape index (κ1) is 15.0. The van der Waals surface area contributed by atoms with Crippen molar-refractivity contribution in [1.82, 2.24) is 4.90 Å². The molecule has 3 atom stereocenters. The van der Waals surface area contributed by atoms with Gasteiger partial charge in [-0.25, -0.2) is 0 Å². The van der Waals surface area contributed by atoms with Gasteiger partial charge in [0.2, 0.25) is 0 Å². The number of amides is 1. The highest BCUT2D eigenvalue weighted by atomic mass is 16.3. The van der Waals surface area contributed by atoms with Crippen molar-refractivity contribution in [3.8, 4) is 5.75 Å². The van der Waals surface area contributed by atoms with Crippen LogP contribution in [0.1, 0.15) is 53.6 Å². The van der Waals surface area contributed by atoms with Crippen molar-refractivity contribution in [3.05, 3.63) is 28.8 Å². The molecule has 4 rings (SSSR count). The maximum Gasteiger partial charge on any atom is 0.252 e. The Morgan fingerprint density at radius 1 is 1.30 bits per heavy atom. The van der Waals surface area contributed by atoms with Gasteiger partial charge in [0, 0.05) is 17.0 Å². The molecule has 4 N–H and O–H groups in total. The zero-order valence-corrected chi connectivity index (χ0v) is 13.5. The molecule has 23 heavy (non-hydrogen) atoms. The second-order valence-electron chi connectivity index (χ2n) is 7.52. The first-order chi connectivity index (χ1) is 10.9. The third kappa shape index (κ3) is 1.72. The number of nitrogens with zero attached hydrogens (tertiary/aromatic N) is 1. The smallest absolute Gasteiger partial charge is 0.252 e. The fourth-order valence-corrected chi connectivity index (χ4v) is 5.53. The number of aromatic hydroxyl groups is 1. The van der Waals surface area contributed by atoms with Gasteiger partial charge in [-0.1, -0.05) is 18.9 Å². The molecule has 2 fully saturated rings. The van der Waals surface area contributed by atoms with Gasteiger partial charge in [0.1, 0.15) is 5.75 Å². The summed E-state index contributed by atoms with van der Waals surface area (Å²) in [6.07, 6.45) is 5.17. The molecule has 1 amide bonds. The predicted molar refractivity (Wildman–Crippen MR) is 86.5 cm³/mol. The number of benzene rings is 1. The highest BCUT2D eigenvalue weighted by Gasteiger charge is 2.63. The monoisotopic (exact) mass is 316 g/mol. The molecule has 1 saturated heterocycles. The number of carbonyl (C=O) groups excluding carboxylic acids is 1. The van der Waals surface area contributed by atoms with E-state index >= 15 is 0 Å². The molecule has 1 aromatic carbocycles. The van der Waals surface area contributed by atoms with Crippen LogP contribution in [0.5, 0.6) is 5.75 Å². The number of likely N-dealkylation sites (N-methyl/N-ethyl adjacent to an activating group) is 1. The number of carbonyl (C=O) groups is 1. The zero-order chi connectivity index (χ0) is 16.4. The minimum atomic E-state index is -0.834. The molecule has 0 radical (unpaired) electrons. The van der Waals surface area contributed by atoms with Gasteiger partial charge < -0.3 is 20.8 Å². The molecular formula is C18H24N2O3. The molecule has 0 spiro atoms. The van der Waals surface area contributed by atoms with E-state index in [4.69, 9.17) is 5.73 Å². The number of phenols is 1. The highest BCUT2D eigenvalue weighted by Crippen LogP contribution is 2.60. The summed E-state index contributed by atoms with van der Waals surface area (Å²) in [7, 11) is 2.07. The summed E-state index contributed by atoms with van der Waals surface area (Å²) < 4.78 is 0. The SMILES string of the molecule is CN1CC[C@]23CCCC[C@@]2(O)[C@H]1Cc1ccc(C(N)=O)c(O)c13. The predicted octanol–water partition coefficient (Wildman–Crippen LogP) is 1.29. The van der Waals surface area contributed by atoms with Crippen molar-refractivity contribution in [2.45, 2.75) is 55.6 Å². The van der Waals surface area contributed by atoms with Crippen LogP contribution in [0.3, 0.4) is 0 Å². The molecule has 1 saturated carbocycles. The summed E-state index contributed by atoms with van der Waals surface area (Å²) in [4.78, 5) is 13.9. The molecular weight excluding hydrogens is 292 g/mol. The summed E-state index contributed by atoms with van der Waals surface area (Å²) in [5.41, 5.74) is 6.15. The van der Waals surface area contributed by atoms with Crippen molar-refractivity contribution in [2.24, 2.45) is 5.73 Å². The van der Waals surface area contributed by atoms with Crippen molar-refractivity contribution < 1.29 is 15.0 Å². The summed E-state index contributed by atoms with van der Waals surface area (Å²) in [6, 6.07) is 3.61. The van der Waals surface area contributed by atoms with Gasteiger partial charge in [-0.05, 0) is 50.9 Å². The van der Waals surface area contributed by atoms with Crippen LogP contribution in [0.25, 0.3) is 0 Å². The van der Waals surface area contributed by atoms with E-state index in [1.165, 1.54) is 0 Å². The Morgan fingerprint density at radius 3 is 2.78 bits per heavy atom. The molecule has 2 bridgehead atoms. The van der Waals surface area contributed by atoms with E-state index in [0.29, 0.717) is 6.42 Å². The van der Waals surface area contributed by atoms with Crippen molar-refractivity contribution in [1.29, 1.82) is 0 Å². The molecule has 3 aliphatic rings. The number of hydrogen-bond acceptors (Lipinski definition) is 4. The molecule has 2 aliphatic carbocycles. The number of hydrogen-bond donors (Lipinski definition) is 3. The van der Waals surface area contributed by atoms with Crippen LogP contribution in [0.2, 0.25) is 0 Å². The molecule has 0 aromatic heterocycles. The fourth-order valence-electron chi connectivity index (χ4n) is 5.53. The van der Waals surface area contributed by atoms with Crippen molar-refractivity contribution in [3.63, 3.8) is 0 Å². The standard InChI is InChI=1S/C18H24N2O3/c1-20-9-8-17-6-2-3-7-18(17,23)13(20)10-11-4-5-12(16(19)22)15(21)14(11)17/h4-5,13,21,23H,2-3,6-10H2,1H3,(H2,19,22)/t13-,17+,18-/m1/s1. The first-order valence-corrected chi connectivity index (χ1v) is 8.48. The van der Waals surface area contributed by atoms with E-state index < -0.39 is 16.9 Å². The average Bonchev–Trinajstić information content (AvgIpc) is 2.50. The van der Waals surface area contributed by atoms with Crippen LogP contribution in [0, 0.1) is 0 Å². The first-order valence-electron chi connectivity index (χ1n) is 8.48. The maximum absolute atomic E-state index is 11.7. The van der Waals surface area contributed by atoms with E-state index in [-0.39, 0.29) is 17.4 Å². The number of nitrogens with two attached hydrogens (primary N) is 1. The Morgan fingerprint density at radius 2 is 2.04 bits per heavy atom. The summed E-state index contributed by atoms with van der Waals surface area (Å²) in [5, 5.41) is 22.5. The van der Waals surface area contributed by atoms with Gasteiger partial charge in [0.05, 0.1) is 11.2 Å². The van der Waals surface area contributed by atoms with Gasteiger partial charge in [-0.2, -0.15) is 0 Å². The topological polar surface area (TPSA) is 86.8 Å². The van der Waals surface area contributed by atoms with Gasteiger partial charge in [0.15, 0.2) is 0 Å². The Labute approximate surface area is 136 Å². The zero-order valence-electron chi connectivity index (χ0n) is 13.5. The second-order valence-corrected chi connectivity index (χ2v) is 7.52. The summed E-state index contributed by atoms with van der Waals surface area (Å²) in [6.45, 7) is 0.895. The van der Waals surface area contributed by atoms with Crippen LogP contribution >= 0.6 is 0 Å². The van der Waals surface area contributed by atoms with Gasteiger partial charge in [0.25, 0.3) is 5.91 Å². The molecule has 1 heterocycles. The quantitative estimate of drug-likeness (QED) is 0.729. The number of likely N-dealkylation sites (tertiary alicyclic amines) is 1. The van der Waals surface area contributed by atoms with Crippen LogP contribution in [0.15, 0.2) is 12.1 Å². The minimum Gasteiger partial charge on any atom is -0.507 e. The Balaban J connectivity index is 2.00. The lowest BCUT2D eigenvalue weighted by molar-refractivity contribution is -0.161. The van der Waals surface area contributed by atoms with Gasteiger partial charge in [-0.15, -0.1) is 0 Å². The van der Waals surface area contributed by atoms with Gasteiger partial charge >= 0.3 is 0 Å². The number of primary amides is 1. The van der Waals surface area contributed by atoms with Crippen molar-refractivity contribution in [2.75, 3.05) is 13.6 Å². The van der Waals surface area contributed by atoms with Crippen molar-refractivity contribution >= 4 is 5.91 Å². The molecule has 1 aliphatic heterocycles. The largest absolute Gasteiger partial charge is 0.507 e. The van der Waals surface area contributed by atoms with E-state index in [2.05, 4.69) is 11.9 Å². The van der Waals surface area contributed by atoms with Crippen LogP contribution < -0.4 is 5.73 Å². The maximum atomic E-state index is 11.7. The van der Waals surface area contributed by atoms with E-state index in [1.807, 2.05) is 6.07 Å². The molecule has 5 heteroatoms. The summed E-state index contributed by atoms with van der Waals surface area (Å²) >= 11 is 0. The fraction of sp³-hybridized carbons (Fsp3) is 0.611. The molecule has 1 aromatic rings. The molecule has 124 valence electrons. The average molecular weight is 316 g/mol. The lowest BCUT2D eigenvalue weighted by Crippen LogP contribution is -2.71. The third-order valence-electron chi connectivity index (χ3n) is 6.64. The minimum absolute atomic E-state index is 0.00155. The van der Waals surface area contributed by atoms with Gasteiger partial charge in [-0.3, -0.25) is 4.79 Å². The third-order valence-corrected chi connectivity index (χ3v) is 6.64. The molecule has 0 unspecified atom stereocenters. The van der Waals surface area contributed by atoms with Crippen LogP contribution in [-0.2, 0) is 11.8 Å². The normalized spacial score (nSPS) is 36.2. The Hall–Kier alpha value is -1.59. The highest BCUT2D eigenvalue weighted by molar-refractivity contribution is 5.96. The lowest BCUT2D eigenvalue weighted by atomic mass is 9.49. The number of piperidine rings is 1. The van der Waals surface area contributed by atoms with E-state index in [1.54, 1.807) is 6.07 Å². The summed E-state index contributed by atoms with van der Waals surface area (Å²) in [5.74, 6) is -0.616. The number of aliphatic hydroxyl groups is 1. The van der Waals surface area contributed by atoms with Crippen LogP contribution in [-0.4, -0.2) is 46.3 Å². The van der Waals surface area contributed by atoms with E-state index in [9.17, 15) is 15.0 Å². The Bertz CT molecular complexity index is 689.